The van der Waals surface area contributed by atoms with Gasteiger partial charge in [0.2, 0.25) is 0 Å². The molecule has 0 aromatic carbocycles. The van der Waals surface area contributed by atoms with E-state index in [0.29, 0.717) is 17.3 Å². The minimum Gasteiger partial charge on any atom is -0.353 e. The number of nitrogens with zero attached hydrogens (tertiary/aromatic N) is 2. The summed E-state index contributed by atoms with van der Waals surface area (Å²) in [4.78, 5) is 5.95. The highest BCUT2D eigenvalue weighted by atomic mass is 79.9. The van der Waals surface area contributed by atoms with Crippen LogP contribution in [0.25, 0.3) is 0 Å². The van der Waals surface area contributed by atoms with Gasteiger partial charge in [-0.05, 0) is 5.92 Å². The second-order valence-corrected chi connectivity index (χ2v) is 5.03. The van der Waals surface area contributed by atoms with Gasteiger partial charge in [-0.2, -0.15) is 0 Å². The summed E-state index contributed by atoms with van der Waals surface area (Å²) in [6, 6.07) is 0.870. The molecule has 1 saturated heterocycles. The minimum absolute atomic E-state index is 0.241. The Balaban J connectivity index is 2.24. The van der Waals surface area contributed by atoms with Gasteiger partial charge in [-0.1, -0.05) is 22.9 Å². The van der Waals surface area contributed by atoms with E-state index in [-0.39, 0.29) is 5.82 Å². The van der Waals surface area contributed by atoms with Gasteiger partial charge in [-0.3, -0.25) is 0 Å². The normalized spacial score (nSPS) is 26.0. The zero-order valence-electron chi connectivity index (χ0n) is 8.25. The maximum atomic E-state index is 13.4. The van der Waals surface area contributed by atoms with E-state index < -0.39 is 11.6 Å². The smallest absolute Gasteiger partial charge is 0.168 e. The lowest BCUT2D eigenvalue weighted by Gasteiger charge is -2.17. The summed E-state index contributed by atoms with van der Waals surface area (Å²) in [5.41, 5.74) is 0. The number of aromatic nitrogens is 1. The molecule has 1 aromatic rings. The molecule has 2 atom stereocenters. The molecule has 0 bridgehead atoms. The molecule has 0 radical (unpaired) electrons. The number of rotatable bonds is 1. The zero-order valence-corrected chi connectivity index (χ0v) is 9.84. The molecule has 5 heteroatoms. The predicted molar refractivity (Wildman–Crippen MR) is 58.2 cm³/mol. The largest absolute Gasteiger partial charge is 0.353 e. The van der Waals surface area contributed by atoms with Crippen LogP contribution in [0.5, 0.6) is 0 Å². The molecule has 82 valence electrons. The van der Waals surface area contributed by atoms with Gasteiger partial charge in [0.1, 0.15) is 5.82 Å². The van der Waals surface area contributed by atoms with Crippen LogP contribution in [-0.2, 0) is 0 Å². The summed E-state index contributed by atoms with van der Waals surface area (Å²) in [6.07, 6.45) is 1.05. The molecule has 0 spiro atoms. The fourth-order valence-electron chi connectivity index (χ4n) is 1.74. The number of pyridine rings is 1. The van der Waals surface area contributed by atoms with Crippen molar-refractivity contribution in [3.05, 3.63) is 23.9 Å². The molecule has 2 unspecified atom stereocenters. The lowest BCUT2D eigenvalue weighted by molar-refractivity contribution is 0.569. The molecule has 1 aliphatic rings. The summed E-state index contributed by atoms with van der Waals surface area (Å²) in [7, 11) is 0. The second kappa shape index (κ2) is 4.04. The number of halogens is 3. The van der Waals surface area contributed by atoms with Crippen molar-refractivity contribution < 1.29 is 8.78 Å². The van der Waals surface area contributed by atoms with Crippen LogP contribution >= 0.6 is 15.9 Å². The molecule has 0 amide bonds. The van der Waals surface area contributed by atoms with Crippen LogP contribution in [0.2, 0.25) is 0 Å². The minimum atomic E-state index is -0.640. The van der Waals surface area contributed by atoms with Crippen LogP contribution < -0.4 is 4.90 Å². The third-order valence-corrected chi connectivity index (χ3v) is 3.80. The van der Waals surface area contributed by atoms with E-state index in [1.807, 2.05) is 4.90 Å². The average Bonchev–Trinajstić information content (AvgIpc) is 2.46. The van der Waals surface area contributed by atoms with Gasteiger partial charge in [0, 0.05) is 24.0 Å². The molecule has 1 aromatic heterocycles. The molecule has 2 rings (SSSR count). The molecule has 0 N–H and O–H groups in total. The van der Waals surface area contributed by atoms with Crippen molar-refractivity contribution in [2.75, 3.05) is 18.0 Å². The van der Waals surface area contributed by atoms with E-state index in [9.17, 15) is 8.78 Å². The Hall–Kier alpha value is -0.710. The maximum Gasteiger partial charge on any atom is 0.168 e. The Kier molecular flexibility index (Phi) is 2.91. The fourth-order valence-corrected chi connectivity index (χ4v) is 2.26. The number of hydrogen-bond acceptors (Lipinski definition) is 2. The van der Waals surface area contributed by atoms with Gasteiger partial charge in [0.25, 0.3) is 0 Å². The van der Waals surface area contributed by atoms with Crippen molar-refractivity contribution >= 4 is 21.7 Å². The molecule has 1 aliphatic heterocycles. The van der Waals surface area contributed by atoms with E-state index in [0.717, 1.165) is 18.8 Å². The molecule has 15 heavy (non-hydrogen) atoms. The van der Waals surface area contributed by atoms with Crippen molar-refractivity contribution in [1.82, 2.24) is 4.98 Å². The van der Waals surface area contributed by atoms with Crippen LogP contribution in [0.3, 0.4) is 0 Å². The highest BCUT2D eigenvalue weighted by Gasteiger charge is 2.29. The zero-order chi connectivity index (χ0) is 11.0. The lowest BCUT2D eigenvalue weighted by atomic mass is 10.2. The maximum absolute atomic E-state index is 13.4. The predicted octanol–water partition coefficient (Wildman–Crippen LogP) is 2.58. The molecular weight excluding hydrogens is 266 g/mol. The van der Waals surface area contributed by atoms with Crippen LogP contribution in [0.15, 0.2) is 12.3 Å². The van der Waals surface area contributed by atoms with Gasteiger partial charge in [-0.25, -0.2) is 13.8 Å². The van der Waals surface area contributed by atoms with Crippen molar-refractivity contribution in [2.45, 2.75) is 11.8 Å². The van der Waals surface area contributed by atoms with Crippen molar-refractivity contribution in [1.29, 1.82) is 0 Å². The van der Waals surface area contributed by atoms with Gasteiger partial charge in [-0.15, -0.1) is 0 Å². The summed E-state index contributed by atoms with van der Waals surface area (Å²) < 4.78 is 26.1. The van der Waals surface area contributed by atoms with Crippen molar-refractivity contribution in [3.63, 3.8) is 0 Å². The molecule has 0 aliphatic carbocycles. The van der Waals surface area contributed by atoms with E-state index in [2.05, 4.69) is 27.8 Å². The Morgan fingerprint density at radius 1 is 1.47 bits per heavy atom. The first-order valence-electron chi connectivity index (χ1n) is 4.78. The van der Waals surface area contributed by atoms with E-state index >= 15 is 0 Å². The summed E-state index contributed by atoms with van der Waals surface area (Å²) >= 11 is 3.51. The lowest BCUT2D eigenvalue weighted by Crippen LogP contribution is -2.22. The molecule has 2 nitrogen and oxygen atoms in total. The SMILES string of the molecule is CC1CN(c2ncc(F)cc2F)CC1Br. The van der Waals surface area contributed by atoms with Crippen LogP contribution in [0, 0.1) is 17.6 Å². The quantitative estimate of drug-likeness (QED) is 0.733. The first-order valence-corrected chi connectivity index (χ1v) is 5.69. The first-order chi connectivity index (χ1) is 7.08. The topological polar surface area (TPSA) is 16.1 Å². The van der Waals surface area contributed by atoms with E-state index in [4.69, 9.17) is 0 Å². The Bertz CT molecular complexity index is 362. The Morgan fingerprint density at radius 3 is 2.73 bits per heavy atom. The molecule has 2 heterocycles. The highest BCUT2D eigenvalue weighted by Crippen LogP contribution is 2.28. The van der Waals surface area contributed by atoms with E-state index in [1.165, 1.54) is 0 Å². The molecule has 0 saturated carbocycles. The van der Waals surface area contributed by atoms with Crippen LogP contribution in [0.1, 0.15) is 6.92 Å². The number of alkyl halides is 1. The third kappa shape index (κ3) is 2.12. The van der Waals surface area contributed by atoms with Gasteiger partial charge >= 0.3 is 0 Å². The Morgan fingerprint density at radius 2 is 2.20 bits per heavy atom. The summed E-state index contributed by atoms with van der Waals surface area (Å²) in [5.74, 6) is -0.552. The third-order valence-electron chi connectivity index (χ3n) is 2.61. The molecular formula is C10H11BrF2N2. The molecule has 1 fully saturated rings. The van der Waals surface area contributed by atoms with E-state index in [1.54, 1.807) is 0 Å². The first kappa shape index (κ1) is 10.8. The average molecular weight is 277 g/mol. The van der Waals surface area contributed by atoms with Gasteiger partial charge in [0.05, 0.1) is 6.20 Å². The fraction of sp³-hybridized carbons (Fsp3) is 0.500. The summed E-state index contributed by atoms with van der Waals surface area (Å²) in [6.45, 7) is 3.53. The van der Waals surface area contributed by atoms with Gasteiger partial charge < -0.3 is 4.90 Å². The highest BCUT2D eigenvalue weighted by molar-refractivity contribution is 9.09. The number of hydrogen-bond donors (Lipinski definition) is 0. The number of anilines is 1. The van der Waals surface area contributed by atoms with Gasteiger partial charge in [0.15, 0.2) is 11.6 Å². The summed E-state index contributed by atoms with van der Waals surface area (Å²) in [5, 5.41) is 0. The van der Waals surface area contributed by atoms with Crippen LogP contribution in [0.4, 0.5) is 14.6 Å². The monoisotopic (exact) mass is 276 g/mol. The second-order valence-electron chi connectivity index (χ2n) is 3.86. The standard InChI is InChI=1S/C10H11BrF2N2/c1-6-4-15(5-8(6)11)10-9(13)2-7(12)3-14-10/h2-3,6,8H,4-5H2,1H3. The van der Waals surface area contributed by atoms with Crippen LogP contribution in [-0.4, -0.2) is 22.9 Å². The van der Waals surface area contributed by atoms with Crippen molar-refractivity contribution in [2.24, 2.45) is 5.92 Å². The van der Waals surface area contributed by atoms with Crippen molar-refractivity contribution in [3.8, 4) is 0 Å². The Labute approximate surface area is 95.4 Å².